The molecule has 1 heterocycles. The summed E-state index contributed by atoms with van der Waals surface area (Å²) in [4.78, 5) is 22.7. The summed E-state index contributed by atoms with van der Waals surface area (Å²) >= 11 is 1.42. The molecule has 0 aliphatic carbocycles. The molecule has 3 N–H and O–H groups in total. The fraction of sp³-hybridized carbons (Fsp3) is 0.455. The zero-order valence-electron chi connectivity index (χ0n) is 9.64. The maximum Gasteiger partial charge on any atom is 0.305 e. The lowest BCUT2D eigenvalue weighted by Gasteiger charge is -2.10. The van der Waals surface area contributed by atoms with Gasteiger partial charge < -0.3 is 15.8 Å². The molecule has 17 heavy (non-hydrogen) atoms. The van der Waals surface area contributed by atoms with Crippen molar-refractivity contribution in [3.8, 4) is 0 Å². The maximum atomic E-state index is 11.6. The van der Waals surface area contributed by atoms with E-state index in [4.69, 9.17) is 10.5 Å². The summed E-state index contributed by atoms with van der Waals surface area (Å²) in [5.41, 5.74) is 5.66. The third-order valence-corrected chi connectivity index (χ3v) is 2.85. The number of carbonyl (C=O) groups excluding carboxylic acids is 2. The Morgan fingerprint density at radius 1 is 1.59 bits per heavy atom. The van der Waals surface area contributed by atoms with Crippen LogP contribution in [0.25, 0.3) is 0 Å². The quantitative estimate of drug-likeness (QED) is 0.753. The highest BCUT2D eigenvalue weighted by Crippen LogP contribution is 2.15. The first-order chi connectivity index (χ1) is 8.13. The third kappa shape index (κ3) is 4.97. The van der Waals surface area contributed by atoms with E-state index in [1.807, 2.05) is 11.4 Å². The molecule has 0 saturated carbocycles. The molecule has 1 aromatic rings. The molecule has 94 valence electrons. The molecule has 1 unspecified atom stereocenters. The van der Waals surface area contributed by atoms with Crippen LogP contribution in [0.5, 0.6) is 0 Å². The minimum Gasteiger partial charge on any atom is -0.466 e. The number of rotatable bonds is 6. The van der Waals surface area contributed by atoms with Crippen LogP contribution in [0.2, 0.25) is 0 Å². The van der Waals surface area contributed by atoms with Crippen LogP contribution >= 0.6 is 11.3 Å². The molecule has 0 fully saturated rings. The molecule has 0 spiro atoms. The predicted octanol–water partition coefficient (Wildman–Crippen LogP) is 1.36. The molecule has 1 rings (SSSR count). The fourth-order valence-corrected chi connectivity index (χ4v) is 1.82. The molecule has 0 aliphatic rings. The molecule has 0 aliphatic heterocycles. The number of amides is 1. The summed E-state index contributed by atoms with van der Waals surface area (Å²) in [5.74, 6) is -0.608. The lowest BCUT2D eigenvalue weighted by molar-refractivity contribution is -0.143. The highest BCUT2D eigenvalue weighted by molar-refractivity contribution is 7.14. The van der Waals surface area contributed by atoms with Gasteiger partial charge in [0.2, 0.25) is 5.91 Å². The Kier molecular flexibility index (Phi) is 5.65. The minimum absolute atomic E-state index is 0.160. The van der Waals surface area contributed by atoms with Crippen LogP contribution in [0.4, 0.5) is 5.00 Å². The van der Waals surface area contributed by atoms with E-state index >= 15 is 0 Å². The largest absolute Gasteiger partial charge is 0.466 e. The number of hydrogen-bond donors (Lipinski definition) is 2. The number of thiophene rings is 1. The first-order valence-corrected chi connectivity index (χ1v) is 6.27. The molecule has 6 heteroatoms. The average molecular weight is 256 g/mol. The van der Waals surface area contributed by atoms with Gasteiger partial charge in [0, 0.05) is 6.42 Å². The van der Waals surface area contributed by atoms with Crippen LogP contribution in [0, 0.1) is 0 Å². The molecule has 1 aromatic heterocycles. The number of hydrogen-bond acceptors (Lipinski definition) is 5. The maximum absolute atomic E-state index is 11.6. The summed E-state index contributed by atoms with van der Waals surface area (Å²) in [6, 6.07) is 2.94. The summed E-state index contributed by atoms with van der Waals surface area (Å²) in [6.45, 7) is 2.08. The lowest BCUT2D eigenvalue weighted by atomic mass is 10.1. The predicted molar refractivity (Wildman–Crippen MR) is 66.8 cm³/mol. The number of carbonyl (C=O) groups is 2. The van der Waals surface area contributed by atoms with Crippen LogP contribution in [-0.4, -0.2) is 24.5 Å². The van der Waals surface area contributed by atoms with E-state index in [1.54, 1.807) is 13.0 Å². The van der Waals surface area contributed by atoms with Gasteiger partial charge in [0.05, 0.1) is 17.6 Å². The van der Waals surface area contributed by atoms with Gasteiger partial charge in [-0.25, -0.2) is 0 Å². The summed E-state index contributed by atoms with van der Waals surface area (Å²) in [6.07, 6.45) is 0.447. The second kappa shape index (κ2) is 7.03. The Bertz CT molecular complexity index is 365. The number of esters is 1. The van der Waals surface area contributed by atoms with E-state index in [9.17, 15) is 9.59 Å². The molecule has 5 nitrogen and oxygen atoms in total. The van der Waals surface area contributed by atoms with Crippen LogP contribution in [0.1, 0.15) is 19.8 Å². The van der Waals surface area contributed by atoms with Gasteiger partial charge in [-0.3, -0.25) is 9.59 Å². The smallest absolute Gasteiger partial charge is 0.305 e. The van der Waals surface area contributed by atoms with Crippen molar-refractivity contribution in [3.05, 3.63) is 17.5 Å². The topological polar surface area (TPSA) is 81.4 Å². The standard InChI is InChI=1S/C11H16N2O3S/c1-2-16-10(14)6-5-8(12)11(15)13-9-4-3-7-17-9/h3-4,7-8H,2,5-6,12H2,1H3,(H,13,15). The number of anilines is 1. The Morgan fingerprint density at radius 3 is 2.94 bits per heavy atom. The normalized spacial score (nSPS) is 11.9. The third-order valence-electron chi connectivity index (χ3n) is 2.07. The molecule has 0 saturated heterocycles. The van der Waals surface area contributed by atoms with E-state index in [0.717, 1.165) is 5.00 Å². The number of nitrogens with one attached hydrogen (secondary N) is 1. The number of ether oxygens (including phenoxy) is 1. The summed E-state index contributed by atoms with van der Waals surface area (Å²) in [5, 5.41) is 5.29. The van der Waals surface area contributed by atoms with Crippen LogP contribution in [0.3, 0.4) is 0 Å². The molecule has 0 radical (unpaired) electrons. The van der Waals surface area contributed by atoms with Crippen LogP contribution in [-0.2, 0) is 14.3 Å². The van der Waals surface area contributed by atoms with Crippen molar-refractivity contribution in [2.24, 2.45) is 5.73 Å². The minimum atomic E-state index is -0.693. The monoisotopic (exact) mass is 256 g/mol. The second-order valence-corrected chi connectivity index (χ2v) is 4.36. The highest BCUT2D eigenvalue weighted by atomic mass is 32.1. The van der Waals surface area contributed by atoms with Crippen molar-refractivity contribution in [2.45, 2.75) is 25.8 Å². The highest BCUT2D eigenvalue weighted by Gasteiger charge is 2.15. The van der Waals surface area contributed by atoms with Gasteiger partial charge in [0.15, 0.2) is 0 Å². The van der Waals surface area contributed by atoms with E-state index in [-0.39, 0.29) is 24.7 Å². The molecule has 1 amide bonds. The SMILES string of the molecule is CCOC(=O)CCC(N)C(=O)Nc1cccs1. The van der Waals surface area contributed by atoms with Crippen molar-refractivity contribution in [1.82, 2.24) is 0 Å². The van der Waals surface area contributed by atoms with Crippen molar-refractivity contribution in [3.63, 3.8) is 0 Å². The van der Waals surface area contributed by atoms with Crippen molar-refractivity contribution in [1.29, 1.82) is 0 Å². The van der Waals surface area contributed by atoms with Gasteiger partial charge in [-0.1, -0.05) is 0 Å². The summed E-state index contributed by atoms with van der Waals surface area (Å²) in [7, 11) is 0. The number of nitrogens with two attached hydrogens (primary N) is 1. The fourth-order valence-electron chi connectivity index (χ4n) is 1.20. The van der Waals surface area contributed by atoms with E-state index in [0.29, 0.717) is 6.61 Å². The summed E-state index contributed by atoms with van der Waals surface area (Å²) < 4.78 is 4.75. The lowest BCUT2D eigenvalue weighted by Crippen LogP contribution is -2.35. The molecule has 1 atom stereocenters. The average Bonchev–Trinajstić information content (AvgIpc) is 2.79. The van der Waals surface area contributed by atoms with Gasteiger partial charge in [-0.05, 0) is 30.9 Å². The van der Waals surface area contributed by atoms with Crippen molar-refractivity contribution < 1.29 is 14.3 Å². The second-order valence-electron chi connectivity index (χ2n) is 3.42. The first kappa shape index (κ1) is 13.7. The molecular formula is C11H16N2O3S. The van der Waals surface area contributed by atoms with Crippen molar-refractivity contribution >= 4 is 28.2 Å². The van der Waals surface area contributed by atoms with Crippen molar-refractivity contribution in [2.75, 3.05) is 11.9 Å². The Labute approximate surface area is 104 Å². The Morgan fingerprint density at radius 2 is 2.35 bits per heavy atom. The Balaban J connectivity index is 2.29. The van der Waals surface area contributed by atoms with Gasteiger partial charge in [0.1, 0.15) is 0 Å². The van der Waals surface area contributed by atoms with Gasteiger partial charge in [0.25, 0.3) is 0 Å². The van der Waals surface area contributed by atoms with E-state index in [2.05, 4.69) is 5.32 Å². The zero-order valence-corrected chi connectivity index (χ0v) is 10.5. The van der Waals surface area contributed by atoms with Crippen LogP contribution in [0.15, 0.2) is 17.5 Å². The van der Waals surface area contributed by atoms with E-state index in [1.165, 1.54) is 11.3 Å². The molecule has 0 aromatic carbocycles. The van der Waals surface area contributed by atoms with Gasteiger partial charge in [-0.2, -0.15) is 0 Å². The van der Waals surface area contributed by atoms with E-state index < -0.39 is 6.04 Å². The Hall–Kier alpha value is -1.40. The molecular weight excluding hydrogens is 240 g/mol. The van der Waals surface area contributed by atoms with Crippen LogP contribution < -0.4 is 11.1 Å². The van der Waals surface area contributed by atoms with Gasteiger partial charge in [-0.15, -0.1) is 11.3 Å². The first-order valence-electron chi connectivity index (χ1n) is 5.39. The molecule has 0 bridgehead atoms. The van der Waals surface area contributed by atoms with Gasteiger partial charge >= 0.3 is 5.97 Å². The zero-order chi connectivity index (χ0) is 12.7.